The lowest BCUT2D eigenvalue weighted by molar-refractivity contribution is -0.129. The number of carboxylic acids is 1. The lowest BCUT2D eigenvalue weighted by atomic mass is 10.3. The van der Waals surface area contributed by atoms with Crippen molar-refractivity contribution in [3.63, 3.8) is 0 Å². The smallest absolute Gasteiger partial charge is 0.356 e. The van der Waals surface area contributed by atoms with Crippen molar-refractivity contribution in [3.05, 3.63) is 24.0 Å². The van der Waals surface area contributed by atoms with Crippen LogP contribution in [0.25, 0.3) is 0 Å². The van der Waals surface area contributed by atoms with Gasteiger partial charge in [-0.25, -0.2) is 14.6 Å². The highest BCUT2D eigenvalue weighted by atomic mass is 16.4. The third-order valence-corrected chi connectivity index (χ3v) is 2.47. The van der Waals surface area contributed by atoms with Gasteiger partial charge in [-0.3, -0.25) is 4.79 Å². The summed E-state index contributed by atoms with van der Waals surface area (Å²) in [6, 6.07) is 2.35. The zero-order valence-corrected chi connectivity index (χ0v) is 11.5. The van der Waals surface area contributed by atoms with E-state index in [-0.39, 0.29) is 23.8 Å². The lowest BCUT2D eigenvalue weighted by Crippen LogP contribution is -2.40. The molecule has 20 heavy (non-hydrogen) atoms. The van der Waals surface area contributed by atoms with Crippen molar-refractivity contribution in [2.75, 3.05) is 33.0 Å². The van der Waals surface area contributed by atoms with Crippen LogP contribution in [0.1, 0.15) is 10.5 Å². The van der Waals surface area contributed by atoms with Crippen LogP contribution in [0.2, 0.25) is 0 Å². The Morgan fingerprint density at radius 3 is 2.50 bits per heavy atom. The number of nitrogens with zero attached hydrogens (tertiary/aromatic N) is 3. The fraction of sp³-hybridized carbons (Fsp3) is 0.333. The Bertz CT molecular complexity index is 530. The number of nitrogens with one attached hydrogen (secondary N) is 1. The van der Waals surface area contributed by atoms with Crippen LogP contribution in [-0.4, -0.2) is 65.5 Å². The van der Waals surface area contributed by atoms with E-state index in [1.807, 2.05) is 0 Å². The van der Waals surface area contributed by atoms with Gasteiger partial charge in [-0.1, -0.05) is 0 Å². The number of hydrogen-bond acceptors (Lipinski definition) is 4. The zero-order valence-electron chi connectivity index (χ0n) is 11.5. The SMILES string of the molecule is CN(C)C(=O)CN(C)C(=O)Nc1cccnc1C(=O)O. The first-order chi connectivity index (χ1) is 9.32. The van der Waals surface area contributed by atoms with E-state index in [0.29, 0.717) is 0 Å². The second-order valence-corrected chi connectivity index (χ2v) is 4.28. The summed E-state index contributed by atoms with van der Waals surface area (Å²) in [4.78, 5) is 40.5. The minimum Gasteiger partial charge on any atom is -0.476 e. The average Bonchev–Trinajstić information content (AvgIpc) is 2.38. The maximum atomic E-state index is 11.9. The van der Waals surface area contributed by atoms with E-state index in [2.05, 4.69) is 10.3 Å². The van der Waals surface area contributed by atoms with Gasteiger partial charge in [0.05, 0.1) is 5.69 Å². The number of anilines is 1. The predicted molar refractivity (Wildman–Crippen MR) is 71.5 cm³/mol. The third kappa shape index (κ3) is 3.94. The van der Waals surface area contributed by atoms with Crippen molar-refractivity contribution in [1.82, 2.24) is 14.8 Å². The Balaban J connectivity index is 2.76. The molecule has 0 atom stereocenters. The van der Waals surface area contributed by atoms with Crippen LogP contribution in [0.4, 0.5) is 10.5 Å². The van der Waals surface area contributed by atoms with E-state index >= 15 is 0 Å². The molecule has 0 aliphatic heterocycles. The minimum absolute atomic E-state index is 0.0779. The molecule has 1 heterocycles. The molecule has 3 amide bonds. The highest BCUT2D eigenvalue weighted by Gasteiger charge is 2.17. The quantitative estimate of drug-likeness (QED) is 0.827. The van der Waals surface area contributed by atoms with E-state index in [1.165, 1.54) is 30.3 Å². The monoisotopic (exact) mass is 280 g/mol. The molecule has 108 valence electrons. The first-order valence-electron chi connectivity index (χ1n) is 5.73. The molecule has 8 heteroatoms. The van der Waals surface area contributed by atoms with Gasteiger partial charge in [-0.2, -0.15) is 0 Å². The molecule has 0 unspecified atom stereocenters. The summed E-state index contributed by atoms with van der Waals surface area (Å²) in [5, 5.41) is 11.4. The number of aromatic carboxylic acids is 1. The average molecular weight is 280 g/mol. The number of carbonyl (C=O) groups is 3. The van der Waals surface area contributed by atoms with Crippen molar-refractivity contribution in [1.29, 1.82) is 0 Å². The molecule has 1 aromatic heterocycles. The molecular weight excluding hydrogens is 264 g/mol. The number of carboxylic acid groups (broad SMARTS) is 1. The minimum atomic E-state index is -1.24. The number of carbonyl (C=O) groups excluding carboxylic acids is 2. The van der Waals surface area contributed by atoms with E-state index < -0.39 is 12.0 Å². The van der Waals surface area contributed by atoms with Gasteiger partial charge in [0.1, 0.15) is 6.54 Å². The molecule has 8 nitrogen and oxygen atoms in total. The molecule has 0 fully saturated rings. The summed E-state index contributed by atoms with van der Waals surface area (Å²) in [6.45, 7) is -0.110. The van der Waals surface area contributed by atoms with Crippen molar-refractivity contribution in [3.8, 4) is 0 Å². The van der Waals surface area contributed by atoms with Crippen LogP contribution in [0.3, 0.4) is 0 Å². The Labute approximate surface area is 116 Å². The number of urea groups is 1. The molecule has 0 aliphatic carbocycles. The molecule has 2 N–H and O–H groups in total. The van der Waals surface area contributed by atoms with Crippen LogP contribution < -0.4 is 5.32 Å². The Morgan fingerprint density at radius 1 is 1.30 bits per heavy atom. The van der Waals surface area contributed by atoms with Gasteiger partial charge in [0.2, 0.25) is 5.91 Å². The Hall–Kier alpha value is -2.64. The summed E-state index contributed by atoms with van der Waals surface area (Å²) < 4.78 is 0. The maximum Gasteiger partial charge on any atom is 0.356 e. The fourth-order valence-corrected chi connectivity index (χ4v) is 1.30. The molecule has 0 bridgehead atoms. The molecule has 1 rings (SSSR count). The first-order valence-corrected chi connectivity index (χ1v) is 5.73. The topological polar surface area (TPSA) is 103 Å². The van der Waals surface area contributed by atoms with Crippen molar-refractivity contribution in [2.24, 2.45) is 0 Å². The van der Waals surface area contributed by atoms with Crippen molar-refractivity contribution in [2.45, 2.75) is 0 Å². The largest absolute Gasteiger partial charge is 0.476 e. The zero-order chi connectivity index (χ0) is 15.3. The van der Waals surface area contributed by atoms with E-state index in [0.717, 1.165) is 4.90 Å². The van der Waals surface area contributed by atoms with Gasteiger partial charge >= 0.3 is 12.0 Å². The molecular formula is C12H16N4O4. The highest BCUT2D eigenvalue weighted by Crippen LogP contribution is 2.12. The summed E-state index contributed by atoms with van der Waals surface area (Å²) >= 11 is 0. The number of pyridine rings is 1. The molecule has 0 saturated carbocycles. The van der Waals surface area contributed by atoms with Crippen LogP contribution in [0.5, 0.6) is 0 Å². The third-order valence-electron chi connectivity index (χ3n) is 2.47. The second-order valence-electron chi connectivity index (χ2n) is 4.28. The van der Waals surface area contributed by atoms with Crippen LogP contribution in [0, 0.1) is 0 Å². The molecule has 0 aliphatic rings. The number of likely N-dealkylation sites (N-methyl/N-ethyl adjacent to an activating group) is 2. The van der Waals surface area contributed by atoms with Gasteiger partial charge in [0.25, 0.3) is 0 Å². The standard InChI is InChI=1S/C12H16N4O4/c1-15(2)9(17)7-16(3)12(20)14-8-5-4-6-13-10(8)11(18)19/h4-6H,7H2,1-3H3,(H,14,20)(H,18,19). The molecule has 0 saturated heterocycles. The van der Waals surface area contributed by atoms with Gasteiger partial charge in [-0.05, 0) is 12.1 Å². The summed E-state index contributed by atoms with van der Waals surface area (Å²) in [5.41, 5.74) is -0.178. The molecule has 1 aromatic rings. The van der Waals surface area contributed by atoms with E-state index in [1.54, 1.807) is 14.1 Å². The van der Waals surface area contributed by atoms with Crippen molar-refractivity contribution < 1.29 is 19.5 Å². The van der Waals surface area contributed by atoms with E-state index in [9.17, 15) is 14.4 Å². The first kappa shape index (κ1) is 15.4. The number of rotatable bonds is 4. The summed E-state index contributed by atoms with van der Waals surface area (Å²) in [5.74, 6) is -1.49. The summed E-state index contributed by atoms with van der Waals surface area (Å²) in [6.07, 6.45) is 1.32. The van der Waals surface area contributed by atoms with Crippen LogP contribution in [-0.2, 0) is 4.79 Å². The van der Waals surface area contributed by atoms with Crippen LogP contribution in [0.15, 0.2) is 18.3 Å². The predicted octanol–water partition coefficient (Wildman–Crippen LogP) is 0.332. The van der Waals surface area contributed by atoms with Gasteiger partial charge in [0, 0.05) is 27.3 Å². The maximum absolute atomic E-state index is 11.9. The molecule has 0 radical (unpaired) electrons. The van der Waals surface area contributed by atoms with Gasteiger partial charge in [0.15, 0.2) is 5.69 Å². The Kier molecular flexibility index (Phi) is 5.01. The normalized spacial score (nSPS) is 9.75. The van der Waals surface area contributed by atoms with Gasteiger partial charge in [-0.15, -0.1) is 0 Å². The van der Waals surface area contributed by atoms with Crippen molar-refractivity contribution >= 4 is 23.6 Å². The number of amides is 3. The second kappa shape index (κ2) is 6.50. The molecule has 0 aromatic carbocycles. The summed E-state index contributed by atoms with van der Waals surface area (Å²) in [7, 11) is 4.60. The number of hydrogen-bond donors (Lipinski definition) is 2. The molecule has 0 spiro atoms. The Morgan fingerprint density at radius 2 is 1.95 bits per heavy atom. The number of aromatic nitrogens is 1. The van der Waals surface area contributed by atoms with E-state index in [4.69, 9.17) is 5.11 Å². The lowest BCUT2D eigenvalue weighted by Gasteiger charge is -2.20. The fourth-order valence-electron chi connectivity index (χ4n) is 1.30. The van der Waals surface area contributed by atoms with Gasteiger partial charge < -0.3 is 20.2 Å². The highest BCUT2D eigenvalue weighted by molar-refractivity contribution is 5.99. The van der Waals surface area contributed by atoms with Crippen LogP contribution >= 0.6 is 0 Å².